The van der Waals surface area contributed by atoms with Crippen LogP contribution in [-0.4, -0.2) is 31.2 Å². The van der Waals surface area contributed by atoms with E-state index in [1.165, 1.54) is 16.2 Å². The van der Waals surface area contributed by atoms with Crippen molar-refractivity contribution in [3.63, 3.8) is 0 Å². The number of nitrogens with one attached hydrogen (secondary N) is 1. The number of fused-ring (bicyclic) bond motifs is 1. The molecule has 1 aliphatic heterocycles. The summed E-state index contributed by atoms with van der Waals surface area (Å²) in [5, 5.41) is 0.720. The van der Waals surface area contributed by atoms with Gasteiger partial charge in [-0.25, -0.2) is 22.7 Å². The van der Waals surface area contributed by atoms with E-state index in [-0.39, 0.29) is 4.90 Å². The van der Waals surface area contributed by atoms with Gasteiger partial charge in [-0.1, -0.05) is 36.4 Å². The molecule has 1 aliphatic rings. The Hall–Kier alpha value is -2.94. The van der Waals surface area contributed by atoms with Crippen molar-refractivity contribution in [2.75, 3.05) is 6.61 Å². The first-order chi connectivity index (χ1) is 14.6. The fourth-order valence-electron chi connectivity index (χ4n) is 3.34. The number of hydroxylamine groups is 1. The normalized spacial score (nSPS) is 17.4. The second-order valence-corrected chi connectivity index (χ2v) is 8.74. The fourth-order valence-corrected chi connectivity index (χ4v) is 4.74. The molecule has 0 radical (unpaired) electrons. The first-order valence-corrected chi connectivity index (χ1v) is 11.2. The van der Waals surface area contributed by atoms with Crippen molar-refractivity contribution in [2.24, 2.45) is 0 Å². The average Bonchev–Trinajstić information content (AvgIpc) is 3.17. The van der Waals surface area contributed by atoms with Gasteiger partial charge in [0.15, 0.2) is 6.29 Å². The Balaban J connectivity index is 1.58. The molecule has 1 fully saturated rings. The van der Waals surface area contributed by atoms with Gasteiger partial charge < -0.3 is 4.74 Å². The smallest absolute Gasteiger partial charge is 0.268 e. The first-order valence-electron chi connectivity index (χ1n) is 9.72. The molecule has 1 amide bonds. The SMILES string of the molecule is O=C(C=Cc1cn(S(=O)(=O)c2ccccc2)c2ccccc12)NOC1CCCCO1. The molecule has 2 aromatic carbocycles. The lowest BCUT2D eigenvalue weighted by atomic mass is 10.1. The maximum Gasteiger partial charge on any atom is 0.268 e. The van der Waals surface area contributed by atoms with Gasteiger partial charge in [-0.05, 0) is 37.1 Å². The molecule has 2 heterocycles. The Labute approximate surface area is 174 Å². The minimum atomic E-state index is -3.77. The Kier molecular flexibility index (Phi) is 5.98. The van der Waals surface area contributed by atoms with Crippen LogP contribution in [0.15, 0.2) is 71.8 Å². The minimum Gasteiger partial charge on any atom is -0.350 e. The molecule has 3 aromatic rings. The van der Waals surface area contributed by atoms with Crippen molar-refractivity contribution in [1.82, 2.24) is 9.45 Å². The lowest BCUT2D eigenvalue weighted by Crippen LogP contribution is -2.32. The second-order valence-electron chi connectivity index (χ2n) is 6.93. The van der Waals surface area contributed by atoms with Gasteiger partial charge in [0.2, 0.25) is 0 Å². The second kappa shape index (κ2) is 8.83. The molecule has 0 spiro atoms. The predicted molar refractivity (Wildman–Crippen MR) is 113 cm³/mol. The monoisotopic (exact) mass is 426 g/mol. The fraction of sp³-hybridized carbons (Fsp3) is 0.227. The molecule has 156 valence electrons. The number of benzene rings is 2. The maximum absolute atomic E-state index is 13.1. The van der Waals surface area contributed by atoms with Crippen LogP contribution < -0.4 is 5.48 Å². The van der Waals surface area contributed by atoms with Crippen molar-refractivity contribution < 1.29 is 22.8 Å². The van der Waals surface area contributed by atoms with E-state index in [1.807, 2.05) is 12.1 Å². The molecule has 8 heteroatoms. The summed E-state index contributed by atoms with van der Waals surface area (Å²) in [5.74, 6) is -0.452. The van der Waals surface area contributed by atoms with Crippen LogP contribution in [0.1, 0.15) is 24.8 Å². The number of rotatable bonds is 6. The predicted octanol–water partition coefficient (Wildman–Crippen LogP) is 3.47. The van der Waals surface area contributed by atoms with Gasteiger partial charge in [0, 0.05) is 36.3 Å². The number of aromatic nitrogens is 1. The van der Waals surface area contributed by atoms with Crippen LogP contribution in [0.5, 0.6) is 0 Å². The number of para-hydroxylation sites is 1. The molecular weight excluding hydrogens is 404 g/mol. The molecule has 1 unspecified atom stereocenters. The lowest BCUT2D eigenvalue weighted by molar-refractivity contribution is -0.198. The van der Waals surface area contributed by atoms with Crippen molar-refractivity contribution in [3.05, 3.63) is 72.4 Å². The molecule has 1 aromatic heterocycles. The minimum absolute atomic E-state index is 0.194. The topological polar surface area (TPSA) is 86.6 Å². The number of amides is 1. The Morgan fingerprint density at radius 1 is 1.10 bits per heavy atom. The summed E-state index contributed by atoms with van der Waals surface area (Å²) in [5.41, 5.74) is 3.50. The van der Waals surface area contributed by atoms with Crippen LogP contribution in [0.4, 0.5) is 0 Å². The summed E-state index contributed by atoms with van der Waals surface area (Å²) in [4.78, 5) is 17.6. The van der Waals surface area contributed by atoms with E-state index in [0.717, 1.165) is 24.6 Å². The Morgan fingerprint density at radius 3 is 2.63 bits per heavy atom. The summed E-state index contributed by atoms with van der Waals surface area (Å²) in [6.45, 7) is 0.617. The van der Waals surface area contributed by atoms with Crippen LogP contribution in [0.3, 0.4) is 0 Å². The third-order valence-corrected chi connectivity index (χ3v) is 6.54. The number of nitrogens with zero attached hydrogens (tertiary/aromatic N) is 1. The molecule has 0 saturated carbocycles. The summed E-state index contributed by atoms with van der Waals surface area (Å²) < 4.78 is 32.8. The van der Waals surface area contributed by atoms with Gasteiger partial charge in [0.25, 0.3) is 15.9 Å². The van der Waals surface area contributed by atoms with Crippen molar-refractivity contribution in [1.29, 1.82) is 0 Å². The molecule has 4 rings (SSSR count). The molecule has 0 aliphatic carbocycles. The molecule has 1 atom stereocenters. The highest BCUT2D eigenvalue weighted by Crippen LogP contribution is 2.26. The van der Waals surface area contributed by atoms with E-state index >= 15 is 0 Å². The average molecular weight is 426 g/mol. The van der Waals surface area contributed by atoms with Crippen molar-refractivity contribution in [3.8, 4) is 0 Å². The van der Waals surface area contributed by atoms with E-state index in [9.17, 15) is 13.2 Å². The highest BCUT2D eigenvalue weighted by Gasteiger charge is 2.20. The Morgan fingerprint density at radius 2 is 1.87 bits per heavy atom. The van der Waals surface area contributed by atoms with Gasteiger partial charge in [-0.2, -0.15) is 0 Å². The van der Waals surface area contributed by atoms with Gasteiger partial charge in [-0.3, -0.25) is 4.79 Å². The molecule has 0 bridgehead atoms. The highest BCUT2D eigenvalue weighted by atomic mass is 32.2. The summed E-state index contributed by atoms with van der Waals surface area (Å²) in [7, 11) is -3.77. The van der Waals surface area contributed by atoms with E-state index in [1.54, 1.807) is 48.5 Å². The lowest BCUT2D eigenvalue weighted by Gasteiger charge is -2.21. The van der Waals surface area contributed by atoms with Crippen LogP contribution in [-0.2, 0) is 24.4 Å². The molecule has 1 saturated heterocycles. The molecular formula is C22H22N2O5S. The van der Waals surface area contributed by atoms with Crippen LogP contribution in [0.25, 0.3) is 17.0 Å². The highest BCUT2D eigenvalue weighted by molar-refractivity contribution is 7.90. The van der Waals surface area contributed by atoms with Crippen molar-refractivity contribution in [2.45, 2.75) is 30.4 Å². The van der Waals surface area contributed by atoms with E-state index in [2.05, 4.69) is 5.48 Å². The zero-order chi connectivity index (χ0) is 21.0. The number of hydrogen-bond donors (Lipinski definition) is 1. The van der Waals surface area contributed by atoms with Crippen molar-refractivity contribution >= 4 is 32.9 Å². The standard InChI is InChI=1S/C22H22N2O5S/c25-21(23-29-22-12-6-7-15-28-22)14-13-17-16-24(20-11-5-4-10-19(17)20)30(26,27)18-8-2-1-3-9-18/h1-5,8-11,13-14,16,22H,6-7,12,15H2,(H,23,25). The van der Waals surface area contributed by atoms with Gasteiger partial charge >= 0.3 is 0 Å². The van der Waals surface area contributed by atoms with Gasteiger partial charge in [-0.15, -0.1) is 0 Å². The number of carbonyl (C=O) groups is 1. The van der Waals surface area contributed by atoms with Crippen LogP contribution in [0, 0.1) is 0 Å². The quantitative estimate of drug-likeness (QED) is 0.482. The third-order valence-electron chi connectivity index (χ3n) is 4.85. The van der Waals surface area contributed by atoms with E-state index in [4.69, 9.17) is 9.57 Å². The van der Waals surface area contributed by atoms with E-state index < -0.39 is 22.2 Å². The largest absolute Gasteiger partial charge is 0.350 e. The maximum atomic E-state index is 13.1. The molecule has 1 N–H and O–H groups in total. The first kappa shape index (κ1) is 20.3. The zero-order valence-corrected chi connectivity index (χ0v) is 17.0. The summed E-state index contributed by atoms with van der Waals surface area (Å²) in [6.07, 6.45) is 6.67. The molecule has 7 nitrogen and oxygen atoms in total. The summed E-state index contributed by atoms with van der Waals surface area (Å²) >= 11 is 0. The zero-order valence-electron chi connectivity index (χ0n) is 16.2. The van der Waals surface area contributed by atoms with Gasteiger partial charge in [0.05, 0.1) is 10.4 Å². The van der Waals surface area contributed by atoms with Crippen LogP contribution in [0.2, 0.25) is 0 Å². The third kappa shape index (κ3) is 4.30. The number of carbonyl (C=O) groups excluding carboxylic acids is 1. The van der Waals surface area contributed by atoms with Crippen LogP contribution >= 0.6 is 0 Å². The summed E-state index contributed by atoms with van der Waals surface area (Å²) in [6, 6.07) is 15.4. The molecule has 30 heavy (non-hydrogen) atoms. The Bertz CT molecular complexity index is 1160. The number of hydrogen-bond acceptors (Lipinski definition) is 5. The van der Waals surface area contributed by atoms with E-state index in [0.29, 0.717) is 17.7 Å². The van der Waals surface area contributed by atoms with Gasteiger partial charge in [0.1, 0.15) is 0 Å². The number of ether oxygens (including phenoxy) is 1.